The molecule has 2 aromatic carbocycles. The summed E-state index contributed by atoms with van der Waals surface area (Å²) in [6.07, 6.45) is 1.09. The number of aliphatic carboxylic acids is 1. The number of para-hydroxylation sites is 1. The summed E-state index contributed by atoms with van der Waals surface area (Å²) in [7, 11) is 0. The van der Waals surface area contributed by atoms with Crippen molar-refractivity contribution in [3.8, 4) is 0 Å². The Morgan fingerprint density at radius 3 is 2.04 bits per heavy atom. The van der Waals surface area contributed by atoms with Crippen molar-refractivity contribution in [2.45, 2.75) is 33.6 Å². The summed E-state index contributed by atoms with van der Waals surface area (Å²) in [4.78, 5) is 24.5. The molecule has 3 rings (SSSR count). The van der Waals surface area contributed by atoms with Crippen LogP contribution in [0, 0.1) is 16.7 Å². The van der Waals surface area contributed by atoms with Crippen molar-refractivity contribution >= 4 is 28.9 Å². The molecule has 0 aromatic heterocycles. The quantitative estimate of drug-likeness (QED) is 0.703. The Labute approximate surface area is 159 Å². The minimum absolute atomic E-state index is 0.117. The Morgan fingerprint density at radius 1 is 0.926 bits per heavy atom. The third-order valence-corrected chi connectivity index (χ3v) is 6.23. The summed E-state index contributed by atoms with van der Waals surface area (Å²) in [5.41, 5.74) is 1.13. The molecule has 2 atom stereocenters. The Hall–Kier alpha value is -2.82. The topological polar surface area (TPSA) is 78.4 Å². The van der Waals surface area contributed by atoms with E-state index < -0.39 is 16.8 Å². The van der Waals surface area contributed by atoms with Crippen LogP contribution in [0.5, 0.6) is 0 Å². The van der Waals surface area contributed by atoms with E-state index in [1.807, 2.05) is 68.4 Å². The van der Waals surface area contributed by atoms with Gasteiger partial charge in [-0.25, -0.2) is 0 Å². The number of carbonyl (C=O) groups excluding carboxylic acids is 1. The van der Waals surface area contributed by atoms with Gasteiger partial charge in [0.25, 0.3) is 0 Å². The predicted molar refractivity (Wildman–Crippen MR) is 107 cm³/mol. The van der Waals surface area contributed by atoms with Crippen LogP contribution < -0.4 is 10.6 Å². The second-order valence-electron chi connectivity index (χ2n) is 8.01. The van der Waals surface area contributed by atoms with Crippen LogP contribution in [0.2, 0.25) is 0 Å². The lowest BCUT2D eigenvalue weighted by Crippen LogP contribution is -2.43. The summed E-state index contributed by atoms with van der Waals surface area (Å²) in [5.74, 6) is -1.28. The van der Waals surface area contributed by atoms with Crippen LogP contribution >= 0.6 is 0 Å². The molecule has 1 aliphatic rings. The summed E-state index contributed by atoms with van der Waals surface area (Å²) >= 11 is 0. The lowest BCUT2D eigenvalue weighted by atomic mass is 9.65. The number of nitrogens with one attached hydrogen (secondary N) is 2. The van der Waals surface area contributed by atoms with Crippen LogP contribution in [-0.4, -0.2) is 17.0 Å². The molecule has 5 heteroatoms. The number of rotatable bonds is 5. The van der Waals surface area contributed by atoms with Gasteiger partial charge in [0.2, 0.25) is 5.91 Å². The molecule has 0 saturated heterocycles. The SMILES string of the molecule is CC1(C)[C@H](C(=O)Nc2ccc(Nc3ccccc3)cc2)CC[C@]1(C)C(=O)O. The van der Waals surface area contributed by atoms with Crippen LogP contribution in [0.3, 0.4) is 0 Å². The van der Waals surface area contributed by atoms with Crippen LogP contribution in [0.4, 0.5) is 17.1 Å². The normalized spacial score (nSPS) is 23.6. The largest absolute Gasteiger partial charge is 0.481 e. The number of anilines is 3. The van der Waals surface area contributed by atoms with Gasteiger partial charge >= 0.3 is 5.97 Å². The number of hydrogen-bond acceptors (Lipinski definition) is 3. The smallest absolute Gasteiger partial charge is 0.309 e. The second kappa shape index (κ2) is 7.06. The first-order valence-corrected chi connectivity index (χ1v) is 9.20. The monoisotopic (exact) mass is 366 g/mol. The molecule has 0 spiro atoms. The summed E-state index contributed by atoms with van der Waals surface area (Å²) in [6.45, 7) is 5.50. The van der Waals surface area contributed by atoms with Crippen LogP contribution in [0.1, 0.15) is 33.6 Å². The maximum atomic E-state index is 12.8. The van der Waals surface area contributed by atoms with Crippen molar-refractivity contribution in [3.05, 3.63) is 54.6 Å². The zero-order valence-corrected chi connectivity index (χ0v) is 16.0. The van der Waals surface area contributed by atoms with Gasteiger partial charge in [-0.05, 0) is 61.6 Å². The highest BCUT2D eigenvalue weighted by molar-refractivity contribution is 5.94. The standard InChI is InChI=1S/C22H26N2O3/c1-21(2)18(13-14-22(21,3)20(26)27)19(25)24-17-11-9-16(10-12-17)23-15-7-5-4-6-8-15/h4-12,18,23H,13-14H2,1-3H3,(H,24,25)(H,26,27)/t18-,22+/m0/s1. The van der Waals surface area contributed by atoms with Gasteiger partial charge in [-0.3, -0.25) is 9.59 Å². The molecule has 142 valence electrons. The highest BCUT2D eigenvalue weighted by Crippen LogP contribution is 2.56. The molecule has 0 radical (unpaired) electrons. The summed E-state index contributed by atoms with van der Waals surface area (Å²) in [6, 6.07) is 17.4. The first kappa shape index (κ1) is 19.0. The van der Waals surface area contributed by atoms with Gasteiger partial charge in [0.15, 0.2) is 0 Å². The van der Waals surface area contributed by atoms with E-state index in [-0.39, 0.29) is 11.8 Å². The Kier molecular flexibility index (Phi) is 4.96. The summed E-state index contributed by atoms with van der Waals surface area (Å²) < 4.78 is 0. The van der Waals surface area contributed by atoms with E-state index in [1.165, 1.54) is 0 Å². The van der Waals surface area contributed by atoms with E-state index in [0.717, 1.165) is 11.4 Å². The van der Waals surface area contributed by atoms with E-state index in [4.69, 9.17) is 0 Å². The lowest BCUT2D eigenvalue weighted by Gasteiger charge is -2.37. The number of hydrogen-bond donors (Lipinski definition) is 3. The maximum Gasteiger partial charge on any atom is 0.309 e. The molecule has 1 amide bonds. The van der Waals surface area contributed by atoms with Gasteiger partial charge in [0.05, 0.1) is 5.41 Å². The van der Waals surface area contributed by atoms with Gasteiger partial charge in [-0.1, -0.05) is 32.0 Å². The average Bonchev–Trinajstić information content (AvgIpc) is 2.88. The summed E-state index contributed by atoms with van der Waals surface area (Å²) in [5, 5.41) is 15.9. The molecule has 2 aromatic rings. The molecule has 3 N–H and O–H groups in total. The number of benzene rings is 2. The highest BCUT2D eigenvalue weighted by atomic mass is 16.4. The molecular formula is C22H26N2O3. The van der Waals surface area contributed by atoms with Crippen molar-refractivity contribution in [2.75, 3.05) is 10.6 Å². The van der Waals surface area contributed by atoms with Gasteiger partial charge in [-0.15, -0.1) is 0 Å². The second-order valence-corrected chi connectivity index (χ2v) is 8.01. The van der Waals surface area contributed by atoms with Crippen molar-refractivity contribution in [2.24, 2.45) is 16.7 Å². The number of carboxylic acids is 1. The molecule has 1 saturated carbocycles. The predicted octanol–water partition coefficient (Wildman–Crippen LogP) is 4.90. The van der Waals surface area contributed by atoms with Crippen LogP contribution in [0.25, 0.3) is 0 Å². The number of carboxylic acid groups (broad SMARTS) is 1. The fraction of sp³-hybridized carbons (Fsp3) is 0.364. The molecule has 1 aliphatic carbocycles. The van der Waals surface area contributed by atoms with E-state index >= 15 is 0 Å². The van der Waals surface area contributed by atoms with Crippen molar-refractivity contribution in [1.82, 2.24) is 0 Å². The van der Waals surface area contributed by atoms with Gasteiger partial charge in [0.1, 0.15) is 0 Å². The van der Waals surface area contributed by atoms with E-state index in [2.05, 4.69) is 10.6 Å². The van der Waals surface area contributed by atoms with E-state index in [9.17, 15) is 14.7 Å². The Balaban J connectivity index is 1.67. The fourth-order valence-electron chi connectivity index (χ4n) is 3.90. The molecule has 27 heavy (non-hydrogen) atoms. The van der Waals surface area contributed by atoms with Gasteiger partial charge < -0.3 is 15.7 Å². The zero-order chi connectivity index (χ0) is 19.7. The third-order valence-electron chi connectivity index (χ3n) is 6.23. The molecule has 1 fully saturated rings. The van der Waals surface area contributed by atoms with E-state index in [0.29, 0.717) is 18.5 Å². The number of amides is 1. The minimum Gasteiger partial charge on any atom is -0.481 e. The molecule has 0 unspecified atom stereocenters. The fourth-order valence-corrected chi connectivity index (χ4v) is 3.90. The zero-order valence-electron chi connectivity index (χ0n) is 16.0. The van der Waals surface area contributed by atoms with Crippen molar-refractivity contribution in [3.63, 3.8) is 0 Å². The first-order chi connectivity index (χ1) is 12.7. The van der Waals surface area contributed by atoms with Gasteiger partial charge in [0, 0.05) is 23.0 Å². The molecule has 0 aliphatic heterocycles. The molecule has 0 bridgehead atoms. The minimum atomic E-state index is -0.890. The average molecular weight is 366 g/mol. The molecule has 5 nitrogen and oxygen atoms in total. The first-order valence-electron chi connectivity index (χ1n) is 9.20. The van der Waals surface area contributed by atoms with Crippen molar-refractivity contribution < 1.29 is 14.7 Å². The van der Waals surface area contributed by atoms with E-state index in [1.54, 1.807) is 6.92 Å². The van der Waals surface area contributed by atoms with Crippen molar-refractivity contribution in [1.29, 1.82) is 0 Å². The van der Waals surface area contributed by atoms with Gasteiger partial charge in [-0.2, -0.15) is 0 Å². The number of carbonyl (C=O) groups is 2. The van der Waals surface area contributed by atoms with Crippen LogP contribution in [-0.2, 0) is 9.59 Å². The molecular weight excluding hydrogens is 340 g/mol. The lowest BCUT2D eigenvalue weighted by molar-refractivity contribution is -0.154. The third kappa shape index (κ3) is 3.54. The Bertz CT molecular complexity index is 830. The van der Waals surface area contributed by atoms with Crippen LogP contribution in [0.15, 0.2) is 54.6 Å². The highest BCUT2D eigenvalue weighted by Gasteiger charge is 2.58. The Morgan fingerprint density at radius 2 is 1.48 bits per heavy atom. The maximum absolute atomic E-state index is 12.8. The molecule has 0 heterocycles.